The fourth-order valence-electron chi connectivity index (χ4n) is 2.06. The fourth-order valence-corrected chi connectivity index (χ4v) is 2.78. The summed E-state index contributed by atoms with van der Waals surface area (Å²) < 4.78 is 6.00. The molecule has 0 spiro atoms. The van der Waals surface area contributed by atoms with Gasteiger partial charge in [-0.3, -0.25) is 0 Å². The second-order valence-corrected chi connectivity index (χ2v) is 5.52. The molecule has 3 nitrogen and oxygen atoms in total. The van der Waals surface area contributed by atoms with Crippen molar-refractivity contribution in [1.29, 1.82) is 0 Å². The van der Waals surface area contributed by atoms with Gasteiger partial charge in [-0.15, -0.1) is 11.3 Å². The number of nitrogens with zero attached hydrogens (tertiary/aromatic N) is 2. The van der Waals surface area contributed by atoms with Crippen LogP contribution in [0.15, 0.2) is 29.9 Å². The molecule has 0 saturated heterocycles. The van der Waals surface area contributed by atoms with E-state index in [9.17, 15) is 0 Å². The van der Waals surface area contributed by atoms with Crippen LogP contribution in [0.25, 0.3) is 10.2 Å². The fraction of sp³-hybridized carbons (Fsp3) is 0.200. The Morgan fingerprint density at radius 1 is 1.11 bits per heavy atom. The first kappa shape index (κ1) is 12.1. The SMILES string of the molecule is Cc1cc(C)c(C)c(Oc2ncnc3sccc23)c1. The molecule has 0 aliphatic rings. The van der Waals surface area contributed by atoms with Crippen molar-refractivity contribution in [3.8, 4) is 11.6 Å². The number of thiophene rings is 1. The van der Waals surface area contributed by atoms with E-state index < -0.39 is 0 Å². The Morgan fingerprint density at radius 2 is 1.95 bits per heavy atom. The number of ether oxygens (including phenoxy) is 1. The maximum atomic E-state index is 6.00. The molecule has 0 saturated carbocycles. The summed E-state index contributed by atoms with van der Waals surface area (Å²) in [6, 6.07) is 6.19. The molecule has 2 heterocycles. The van der Waals surface area contributed by atoms with E-state index in [1.807, 2.05) is 17.5 Å². The summed E-state index contributed by atoms with van der Waals surface area (Å²) >= 11 is 1.59. The molecule has 0 aliphatic carbocycles. The minimum absolute atomic E-state index is 0.624. The van der Waals surface area contributed by atoms with Crippen LogP contribution >= 0.6 is 11.3 Å². The van der Waals surface area contributed by atoms with Crippen LogP contribution in [0.3, 0.4) is 0 Å². The van der Waals surface area contributed by atoms with Crippen molar-refractivity contribution < 1.29 is 4.74 Å². The van der Waals surface area contributed by atoms with E-state index in [4.69, 9.17) is 4.74 Å². The third-order valence-corrected chi connectivity index (χ3v) is 4.02. The molecule has 0 unspecified atom stereocenters. The molecule has 96 valence electrons. The molecule has 0 amide bonds. The molecule has 1 aromatic carbocycles. The predicted molar refractivity (Wildman–Crippen MR) is 78.1 cm³/mol. The van der Waals surface area contributed by atoms with Crippen LogP contribution in [0.5, 0.6) is 11.6 Å². The molecule has 0 bridgehead atoms. The highest BCUT2D eigenvalue weighted by Gasteiger charge is 2.10. The van der Waals surface area contributed by atoms with Crippen LogP contribution in [0.1, 0.15) is 16.7 Å². The predicted octanol–water partition coefficient (Wildman–Crippen LogP) is 4.41. The summed E-state index contributed by atoms with van der Waals surface area (Å²) in [5.74, 6) is 1.49. The zero-order valence-electron chi connectivity index (χ0n) is 11.1. The molecule has 0 atom stereocenters. The molecule has 0 N–H and O–H groups in total. The van der Waals surface area contributed by atoms with Crippen LogP contribution in [-0.4, -0.2) is 9.97 Å². The molecular formula is C15H14N2OS. The number of hydrogen-bond donors (Lipinski definition) is 0. The Morgan fingerprint density at radius 3 is 2.79 bits per heavy atom. The smallest absolute Gasteiger partial charge is 0.231 e. The van der Waals surface area contributed by atoms with E-state index in [0.717, 1.165) is 21.5 Å². The third-order valence-electron chi connectivity index (χ3n) is 3.20. The van der Waals surface area contributed by atoms with Gasteiger partial charge in [0.25, 0.3) is 0 Å². The van der Waals surface area contributed by atoms with E-state index in [1.54, 1.807) is 17.7 Å². The summed E-state index contributed by atoms with van der Waals surface area (Å²) in [6.45, 7) is 6.23. The van der Waals surface area contributed by atoms with Gasteiger partial charge in [0.2, 0.25) is 5.88 Å². The quantitative estimate of drug-likeness (QED) is 0.692. The van der Waals surface area contributed by atoms with E-state index in [2.05, 4.69) is 36.8 Å². The van der Waals surface area contributed by atoms with Crippen molar-refractivity contribution in [2.45, 2.75) is 20.8 Å². The Kier molecular flexibility index (Phi) is 2.95. The van der Waals surface area contributed by atoms with E-state index >= 15 is 0 Å². The second-order valence-electron chi connectivity index (χ2n) is 4.63. The van der Waals surface area contributed by atoms with Crippen molar-refractivity contribution in [3.63, 3.8) is 0 Å². The number of rotatable bonds is 2. The van der Waals surface area contributed by atoms with Gasteiger partial charge in [-0.25, -0.2) is 9.97 Å². The summed E-state index contributed by atoms with van der Waals surface area (Å²) in [5, 5.41) is 2.96. The van der Waals surface area contributed by atoms with Gasteiger partial charge in [-0.2, -0.15) is 0 Å². The zero-order chi connectivity index (χ0) is 13.4. The molecular weight excluding hydrogens is 256 g/mol. The minimum Gasteiger partial charge on any atom is -0.438 e. The molecule has 3 rings (SSSR count). The van der Waals surface area contributed by atoms with E-state index in [1.165, 1.54) is 11.1 Å². The largest absolute Gasteiger partial charge is 0.438 e. The Balaban J connectivity index is 2.08. The monoisotopic (exact) mass is 270 g/mol. The van der Waals surface area contributed by atoms with Crippen molar-refractivity contribution >= 4 is 21.6 Å². The Labute approximate surface area is 115 Å². The van der Waals surface area contributed by atoms with Gasteiger partial charge in [0.15, 0.2) is 0 Å². The molecule has 0 aliphatic heterocycles. The van der Waals surface area contributed by atoms with Crippen LogP contribution in [0.2, 0.25) is 0 Å². The summed E-state index contributed by atoms with van der Waals surface area (Å²) in [5.41, 5.74) is 3.56. The zero-order valence-corrected chi connectivity index (χ0v) is 11.9. The van der Waals surface area contributed by atoms with Gasteiger partial charge >= 0.3 is 0 Å². The maximum Gasteiger partial charge on any atom is 0.231 e. The van der Waals surface area contributed by atoms with Crippen molar-refractivity contribution in [1.82, 2.24) is 9.97 Å². The lowest BCUT2D eigenvalue weighted by atomic mass is 10.1. The average Bonchev–Trinajstić information content (AvgIpc) is 2.84. The third kappa shape index (κ3) is 2.19. The first-order valence-electron chi connectivity index (χ1n) is 6.09. The maximum absolute atomic E-state index is 6.00. The number of aromatic nitrogens is 2. The lowest BCUT2D eigenvalue weighted by molar-refractivity contribution is 0.464. The Hall–Kier alpha value is -1.94. The standard InChI is InChI=1S/C15H14N2OS/c1-9-6-10(2)11(3)13(7-9)18-14-12-4-5-19-15(12)17-8-16-14/h4-8H,1-3H3. The molecule has 0 fully saturated rings. The number of aryl methyl sites for hydroxylation is 2. The summed E-state index contributed by atoms with van der Waals surface area (Å²) in [6.07, 6.45) is 1.55. The highest BCUT2D eigenvalue weighted by Crippen LogP contribution is 2.32. The first-order chi connectivity index (χ1) is 9.15. The summed E-state index contributed by atoms with van der Waals surface area (Å²) in [7, 11) is 0. The van der Waals surface area contributed by atoms with Crippen molar-refractivity contribution in [2.24, 2.45) is 0 Å². The molecule has 19 heavy (non-hydrogen) atoms. The topological polar surface area (TPSA) is 35.0 Å². The van der Waals surface area contributed by atoms with E-state index in [-0.39, 0.29) is 0 Å². The van der Waals surface area contributed by atoms with Crippen LogP contribution in [0.4, 0.5) is 0 Å². The van der Waals surface area contributed by atoms with Crippen molar-refractivity contribution in [2.75, 3.05) is 0 Å². The van der Waals surface area contributed by atoms with Crippen LogP contribution in [-0.2, 0) is 0 Å². The number of benzene rings is 1. The van der Waals surface area contributed by atoms with Gasteiger partial charge in [0.1, 0.15) is 16.9 Å². The van der Waals surface area contributed by atoms with Crippen LogP contribution < -0.4 is 4.74 Å². The van der Waals surface area contributed by atoms with Gasteiger partial charge in [-0.05, 0) is 55.0 Å². The van der Waals surface area contributed by atoms with Gasteiger partial charge < -0.3 is 4.74 Å². The normalized spacial score (nSPS) is 10.9. The van der Waals surface area contributed by atoms with Gasteiger partial charge in [0, 0.05) is 0 Å². The molecule has 0 radical (unpaired) electrons. The van der Waals surface area contributed by atoms with Gasteiger partial charge in [0.05, 0.1) is 5.39 Å². The lowest BCUT2D eigenvalue weighted by Gasteiger charge is -2.11. The summed E-state index contributed by atoms with van der Waals surface area (Å²) in [4.78, 5) is 9.43. The van der Waals surface area contributed by atoms with Crippen LogP contribution in [0, 0.1) is 20.8 Å². The average molecular weight is 270 g/mol. The molecule has 2 aromatic heterocycles. The van der Waals surface area contributed by atoms with Crippen molar-refractivity contribution in [3.05, 3.63) is 46.6 Å². The highest BCUT2D eigenvalue weighted by molar-refractivity contribution is 7.16. The minimum atomic E-state index is 0.624. The first-order valence-corrected chi connectivity index (χ1v) is 6.97. The molecule has 3 aromatic rings. The number of hydrogen-bond acceptors (Lipinski definition) is 4. The number of fused-ring (bicyclic) bond motifs is 1. The molecule has 4 heteroatoms. The lowest BCUT2D eigenvalue weighted by Crippen LogP contribution is -1.94. The Bertz CT molecular complexity index is 749. The second kappa shape index (κ2) is 4.63. The highest BCUT2D eigenvalue weighted by atomic mass is 32.1. The van der Waals surface area contributed by atoms with E-state index in [0.29, 0.717) is 5.88 Å². The van der Waals surface area contributed by atoms with Gasteiger partial charge in [-0.1, -0.05) is 6.07 Å².